The highest BCUT2D eigenvalue weighted by molar-refractivity contribution is 5.95. The van der Waals surface area contributed by atoms with Crippen molar-refractivity contribution in [2.45, 2.75) is 26.2 Å². The first-order valence-electron chi connectivity index (χ1n) is 3.90. The molecule has 1 aromatic rings. The zero-order valence-corrected chi connectivity index (χ0v) is 6.52. The molecule has 0 aliphatic heterocycles. The van der Waals surface area contributed by atoms with E-state index in [9.17, 15) is 4.79 Å². The summed E-state index contributed by atoms with van der Waals surface area (Å²) in [5, 5.41) is 0. The van der Waals surface area contributed by atoms with E-state index in [2.05, 4.69) is 0 Å². The topological polar surface area (TPSA) is 30.2 Å². The summed E-state index contributed by atoms with van der Waals surface area (Å²) in [6.45, 7) is 1.88. The number of carbonyl (C=O) groups is 1. The van der Waals surface area contributed by atoms with Crippen LogP contribution in [0.25, 0.3) is 0 Å². The van der Waals surface area contributed by atoms with Gasteiger partial charge in [0.1, 0.15) is 5.76 Å². The van der Waals surface area contributed by atoms with E-state index in [1.54, 1.807) is 0 Å². The van der Waals surface area contributed by atoms with Crippen molar-refractivity contribution >= 4 is 5.78 Å². The first-order chi connectivity index (χ1) is 5.27. The summed E-state index contributed by atoms with van der Waals surface area (Å²) in [4.78, 5) is 11.2. The van der Waals surface area contributed by atoms with Crippen LogP contribution in [0.2, 0.25) is 0 Å². The van der Waals surface area contributed by atoms with Gasteiger partial charge in [-0.05, 0) is 25.8 Å². The highest BCUT2D eigenvalue weighted by Crippen LogP contribution is 2.23. The van der Waals surface area contributed by atoms with E-state index < -0.39 is 0 Å². The van der Waals surface area contributed by atoms with E-state index in [4.69, 9.17) is 4.42 Å². The molecule has 0 N–H and O–H groups in total. The molecule has 1 aliphatic rings. The van der Waals surface area contributed by atoms with Gasteiger partial charge in [-0.2, -0.15) is 0 Å². The number of ketones is 1. The van der Waals surface area contributed by atoms with Gasteiger partial charge in [-0.3, -0.25) is 4.79 Å². The molecule has 0 bridgehead atoms. The van der Waals surface area contributed by atoms with Gasteiger partial charge in [0.25, 0.3) is 0 Å². The lowest BCUT2D eigenvalue weighted by Gasteiger charge is -2.06. The molecule has 0 spiro atoms. The Balaban J connectivity index is 2.52. The molecule has 0 fully saturated rings. The average molecular weight is 150 g/mol. The molecule has 2 heteroatoms. The first kappa shape index (κ1) is 6.65. The monoisotopic (exact) mass is 150 g/mol. The standard InChI is InChI=1S/C9H10O2/c1-6-5-7-3-2-4-8(10)9(7)11-6/h5H,2-4H2,1H3. The number of aryl methyl sites for hydroxylation is 2. The number of Topliss-reactive ketones (excluding diaryl/α,β-unsaturated/α-hetero) is 1. The lowest BCUT2D eigenvalue weighted by molar-refractivity contribution is 0.0942. The van der Waals surface area contributed by atoms with Crippen LogP contribution in [-0.4, -0.2) is 5.78 Å². The van der Waals surface area contributed by atoms with Crippen LogP contribution in [0.1, 0.15) is 34.7 Å². The minimum atomic E-state index is 0.166. The van der Waals surface area contributed by atoms with Gasteiger partial charge in [0.2, 0.25) is 0 Å². The van der Waals surface area contributed by atoms with Gasteiger partial charge in [0, 0.05) is 12.0 Å². The molecule has 0 amide bonds. The predicted octanol–water partition coefficient (Wildman–Crippen LogP) is 2.11. The van der Waals surface area contributed by atoms with Crippen LogP contribution in [0.4, 0.5) is 0 Å². The third kappa shape index (κ3) is 0.985. The predicted molar refractivity (Wildman–Crippen MR) is 40.7 cm³/mol. The Morgan fingerprint density at radius 2 is 2.27 bits per heavy atom. The molecule has 2 nitrogen and oxygen atoms in total. The highest BCUT2D eigenvalue weighted by atomic mass is 16.3. The molecule has 0 atom stereocenters. The van der Waals surface area contributed by atoms with Crippen LogP contribution in [0.3, 0.4) is 0 Å². The van der Waals surface area contributed by atoms with Crippen LogP contribution in [0.15, 0.2) is 10.5 Å². The van der Waals surface area contributed by atoms with Crippen LogP contribution in [0.5, 0.6) is 0 Å². The van der Waals surface area contributed by atoms with E-state index in [0.717, 1.165) is 24.2 Å². The lowest BCUT2D eigenvalue weighted by atomic mass is 9.98. The minimum Gasteiger partial charge on any atom is -0.458 e. The van der Waals surface area contributed by atoms with Gasteiger partial charge < -0.3 is 4.42 Å². The Morgan fingerprint density at radius 3 is 3.00 bits per heavy atom. The number of carbonyl (C=O) groups excluding carboxylic acids is 1. The molecule has 1 aromatic heterocycles. The van der Waals surface area contributed by atoms with Crippen LogP contribution >= 0.6 is 0 Å². The van der Waals surface area contributed by atoms with Crippen molar-refractivity contribution in [1.29, 1.82) is 0 Å². The molecule has 0 saturated carbocycles. The molecule has 1 heterocycles. The van der Waals surface area contributed by atoms with Crippen molar-refractivity contribution < 1.29 is 9.21 Å². The molecule has 1 aliphatic carbocycles. The molecule has 0 unspecified atom stereocenters. The van der Waals surface area contributed by atoms with E-state index in [1.165, 1.54) is 0 Å². The Hall–Kier alpha value is -1.05. The van der Waals surface area contributed by atoms with Gasteiger partial charge >= 0.3 is 0 Å². The summed E-state index contributed by atoms with van der Waals surface area (Å²) in [5.74, 6) is 1.62. The van der Waals surface area contributed by atoms with Crippen molar-refractivity contribution in [3.05, 3.63) is 23.2 Å². The Labute approximate surface area is 65.2 Å². The van der Waals surface area contributed by atoms with E-state index in [0.29, 0.717) is 12.2 Å². The molecule has 0 aromatic carbocycles. The van der Waals surface area contributed by atoms with Crippen LogP contribution < -0.4 is 0 Å². The zero-order valence-electron chi connectivity index (χ0n) is 6.52. The molecule has 2 rings (SSSR count). The minimum absolute atomic E-state index is 0.166. The van der Waals surface area contributed by atoms with Gasteiger partial charge in [-0.25, -0.2) is 0 Å². The molecule has 0 saturated heterocycles. The summed E-state index contributed by atoms with van der Waals surface area (Å²) in [5.41, 5.74) is 1.10. The Kier molecular flexibility index (Phi) is 1.34. The van der Waals surface area contributed by atoms with E-state index in [1.807, 2.05) is 13.0 Å². The zero-order chi connectivity index (χ0) is 7.84. The maximum Gasteiger partial charge on any atom is 0.198 e. The maximum absolute atomic E-state index is 11.2. The largest absolute Gasteiger partial charge is 0.458 e. The fraction of sp³-hybridized carbons (Fsp3) is 0.444. The quantitative estimate of drug-likeness (QED) is 0.567. The normalized spacial score (nSPS) is 16.6. The summed E-state index contributed by atoms with van der Waals surface area (Å²) in [7, 11) is 0. The first-order valence-corrected chi connectivity index (χ1v) is 3.90. The highest BCUT2D eigenvalue weighted by Gasteiger charge is 2.20. The number of rotatable bonds is 0. The van der Waals surface area contributed by atoms with Crippen molar-refractivity contribution in [2.75, 3.05) is 0 Å². The van der Waals surface area contributed by atoms with Crippen molar-refractivity contribution in [3.63, 3.8) is 0 Å². The molecular weight excluding hydrogens is 140 g/mol. The summed E-state index contributed by atoms with van der Waals surface area (Å²) in [6, 6.07) is 1.96. The van der Waals surface area contributed by atoms with Crippen molar-refractivity contribution in [2.24, 2.45) is 0 Å². The van der Waals surface area contributed by atoms with Gasteiger partial charge in [-0.15, -0.1) is 0 Å². The second-order valence-corrected chi connectivity index (χ2v) is 2.99. The number of furan rings is 1. The van der Waals surface area contributed by atoms with Crippen molar-refractivity contribution in [3.8, 4) is 0 Å². The van der Waals surface area contributed by atoms with E-state index in [-0.39, 0.29) is 5.78 Å². The van der Waals surface area contributed by atoms with Crippen molar-refractivity contribution in [1.82, 2.24) is 0 Å². The van der Waals surface area contributed by atoms with Gasteiger partial charge in [-0.1, -0.05) is 0 Å². The molecular formula is C9H10O2. The maximum atomic E-state index is 11.2. The second-order valence-electron chi connectivity index (χ2n) is 2.99. The summed E-state index contributed by atoms with van der Waals surface area (Å²) < 4.78 is 5.27. The number of hydrogen-bond acceptors (Lipinski definition) is 2. The summed E-state index contributed by atoms with van der Waals surface area (Å²) >= 11 is 0. The summed E-state index contributed by atoms with van der Waals surface area (Å²) in [6.07, 6.45) is 2.63. The molecule has 0 radical (unpaired) electrons. The number of fused-ring (bicyclic) bond motifs is 1. The van der Waals surface area contributed by atoms with Crippen LogP contribution in [0, 0.1) is 6.92 Å². The van der Waals surface area contributed by atoms with Gasteiger partial charge in [0.15, 0.2) is 11.5 Å². The van der Waals surface area contributed by atoms with Crippen LogP contribution in [-0.2, 0) is 6.42 Å². The fourth-order valence-corrected chi connectivity index (χ4v) is 1.54. The molecule has 11 heavy (non-hydrogen) atoms. The lowest BCUT2D eigenvalue weighted by Crippen LogP contribution is -2.07. The third-order valence-electron chi connectivity index (χ3n) is 2.04. The average Bonchev–Trinajstić information content (AvgIpc) is 2.31. The molecule has 58 valence electrons. The number of hydrogen-bond donors (Lipinski definition) is 0. The van der Waals surface area contributed by atoms with E-state index >= 15 is 0 Å². The Morgan fingerprint density at radius 1 is 1.45 bits per heavy atom. The van der Waals surface area contributed by atoms with Gasteiger partial charge in [0.05, 0.1) is 0 Å². The fourth-order valence-electron chi connectivity index (χ4n) is 1.54. The third-order valence-corrected chi connectivity index (χ3v) is 2.04. The second kappa shape index (κ2) is 2.22. The SMILES string of the molecule is Cc1cc2c(o1)C(=O)CCC2. The smallest absolute Gasteiger partial charge is 0.198 e. The Bertz CT molecular complexity index is 297.